The molecule has 10 heteroatoms. The highest BCUT2D eigenvalue weighted by Gasteiger charge is 2.34. The minimum absolute atomic E-state index is 0.111. The van der Waals surface area contributed by atoms with Gasteiger partial charge in [0, 0.05) is 18.8 Å². The first-order valence-electron chi connectivity index (χ1n) is 8.50. The largest absolute Gasteiger partial charge is 0.471 e. The number of carbonyl (C=O) groups excluding carboxylic acids is 1. The Bertz CT molecular complexity index is 885. The van der Waals surface area contributed by atoms with E-state index in [0.717, 1.165) is 23.9 Å². The second-order valence-corrected chi connectivity index (χ2v) is 6.37. The molecule has 2 amide bonds. The van der Waals surface area contributed by atoms with Crippen molar-refractivity contribution in [3.8, 4) is 17.4 Å². The minimum atomic E-state index is -4.46. The standard InChI is InChI=1S/C18H16F3N3O4/c19-18(20,21)12-3-4-22-16(6-12)28-13-8-24(9-13)17(25)23-7-11-1-2-14-15(5-11)27-10-26-14/h1-6,13H,7-10H2,(H,23,25). The molecule has 1 N–H and O–H groups in total. The van der Waals surface area contributed by atoms with Crippen LogP contribution in [0.3, 0.4) is 0 Å². The summed E-state index contributed by atoms with van der Waals surface area (Å²) in [4.78, 5) is 17.4. The molecule has 1 fully saturated rings. The van der Waals surface area contributed by atoms with E-state index < -0.39 is 17.8 Å². The normalized spacial score (nSPS) is 15.9. The summed E-state index contributed by atoms with van der Waals surface area (Å²) in [7, 11) is 0. The van der Waals surface area contributed by atoms with Gasteiger partial charge in [0.15, 0.2) is 11.5 Å². The molecule has 2 aromatic rings. The quantitative estimate of drug-likeness (QED) is 0.862. The first-order chi connectivity index (χ1) is 13.4. The fourth-order valence-corrected chi connectivity index (χ4v) is 2.84. The molecular weight excluding hydrogens is 379 g/mol. The molecular formula is C18H16F3N3O4. The topological polar surface area (TPSA) is 72.9 Å². The molecule has 1 aromatic heterocycles. The summed E-state index contributed by atoms with van der Waals surface area (Å²) in [5.74, 6) is 1.19. The minimum Gasteiger partial charge on any atom is -0.471 e. The predicted octanol–water partition coefficient (Wildman–Crippen LogP) is 2.80. The molecule has 0 saturated carbocycles. The van der Waals surface area contributed by atoms with E-state index in [0.29, 0.717) is 18.0 Å². The Morgan fingerprint density at radius 1 is 1.21 bits per heavy atom. The third kappa shape index (κ3) is 3.90. The monoisotopic (exact) mass is 395 g/mol. The van der Waals surface area contributed by atoms with Crippen LogP contribution in [-0.2, 0) is 12.7 Å². The van der Waals surface area contributed by atoms with E-state index in [2.05, 4.69) is 10.3 Å². The summed E-state index contributed by atoms with van der Waals surface area (Å²) in [6, 6.07) is 6.85. The number of hydrogen-bond acceptors (Lipinski definition) is 5. The lowest BCUT2D eigenvalue weighted by Gasteiger charge is -2.38. The van der Waals surface area contributed by atoms with Gasteiger partial charge in [0.1, 0.15) is 6.10 Å². The van der Waals surface area contributed by atoms with Gasteiger partial charge in [-0.2, -0.15) is 13.2 Å². The fourth-order valence-electron chi connectivity index (χ4n) is 2.84. The highest BCUT2D eigenvalue weighted by atomic mass is 19.4. The van der Waals surface area contributed by atoms with E-state index in [9.17, 15) is 18.0 Å². The number of hydrogen-bond donors (Lipinski definition) is 1. The molecule has 0 bridgehead atoms. The molecule has 2 aliphatic rings. The van der Waals surface area contributed by atoms with Crippen molar-refractivity contribution in [2.45, 2.75) is 18.8 Å². The zero-order valence-electron chi connectivity index (χ0n) is 14.5. The van der Waals surface area contributed by atoms with Crippen LogP contribution in [0, 0.1) is 0 Å². The van der Waals surface area contributed by atoms with Gasteiger partial charge in [-0.25, -0.2) is 9.78 Å². The number of halogens is 3. The van der Waals surface area contributed by atoms with Crippen LogP contribution in [0.15, 0.2) is 36.5 Å². The molecule has 0 radical (unpaired) electrons. The number of ether oxygens (including phenoxy) is 3. The van der Waals surface area contributed by atoms with Gasteiger partial charge in [0.2, 0.25) is 12.7 Å². The number of carbonyl (C=O) groups is 1. The first-order valence-corrected chi connectivity index (χ1v) is 8.50. The number of pyridine rings is 1. The molecule has 148 valence electrons. The average Bonchev–Trinajstić information content (AvgIpc) is 3.09. The van der Waals surface area contributed by atoms with E-state index in [1.165, 1.54) is 4.90 Å². The molecule has 2 aliphatic heterocycles. The van der Waals surface area contributed by atoms with Crippen molar-refractivity contribution < 1.29 is 32.2 Å². The summed E-state index contributed by atoms with van der Waals surface area (Å²) >= 11 is 0. The summed E-state index contributed by atoms with van der Waals surface area (Å²) in [5.41, 5.74) is 0.0363. The van der Waals surface area contributed by atoms with Crippen molar-refractivity contribution in [1.29, 1.82) is 0 Å². The second kappa shape index (κ2) is 7.10. The van der Waals surface area contributed by atoms with Crippen LogP contribution in [0.2, 0.25) is 0 Å². The van der Waals surface area contributed by atoms with Gasteiger partial charge in [0.25, 0.3) is 0 Å². The molecule has 0 aliphatic carbocycles. The number of nitrogens with zero attached hydrogens (tertiary/aromatic N) is 2. The molecule has 1 aromatic carbocycles. The van der Waals surface area contributed by atoms with Crippen LogP contribution in [0.4, 0.5) is 18.0 Å². The van der Waals surface area contributed by atoms with Crippen LogP contribution < -0.4 is 19.5 Å². The van der Waals surface area contributed by atoms with E-state index >= 15 is 0 Å². The van der Waals surface area contributed by atoms with Crippen LogP contribution in [0.1, 0.15) is 11.1 Å². The third-order valence-corrected chi connectivity index (χ3v) is 4.37. The highest BCUT2D eigenvalue weighted by Crippen LogP contribution is 2.33. The molecule has 0 atom stereocenters. The zero-order valence-corrected chi connectivity index (χ0v) is 14.5. The molecule has 0 unspecified atom stereocenters. The van der Waals surface area contributed by atoms with Gasteiger partial charge in [-0.3, -0.25) is 0 Å². The van der Waals surface area contributed by atoms with Gasteiger partial charge in [-0.1, -0.05) is 6.07 Å². The van der Waals surface area contributed by atoms with Crippen molar-refractivity contribution in [1.82, 2.24) is 15.2 Å². The summed E-state index contributed by atoms with van der Waals surface area (Å²) in [6.45, 7) is 1.03. The van der Waals surface area contributed by atoms with Crippen molar-refractivity contribution in [3.05, 3.63) is 47.7 Å². The average molecular weight is 395 g/mol. The Balaban J connectivity index is 1.24. The van der Waals surface area contributed by atoms with Gasteiger partial charge in [0.05, 0.1) is 18.7 Å². The second-order valence-electron chi connectivity index (χ2n) is 6.37. The maximum absolute atomic E-state index is 12.7. The summed E-state index contributed by atoms with van der Waals surface area (Å²) in [6.07, 6.45) is -3.80. The number of fused-ring (bicyclic) bond motifs is 1. The number of aromatic nitrogens is 1. The highest BCUT2D eigenvalue weighted by molar-refractivity contribution is 5.75. The molecule has 7 nitrogen and oxygen atoms in total. The van der Waals surface area contributed by atoms with Crippen LogP contribution >= 0.6 is 0 Å². The number of rotatable bonds is 4. The number of urea groups is 1. The SMILES string of the molecule is O=C(NCc1ccc2c(c1)OCO2)N1CC(Oc2cc(C(F)(F)F)ccn2)C1. The predicted molar refractivity (Wildman–Crippen MR) is 90.0 cm³/mol. The van der Waals surface area contributed by atoms with Crippen molar-refractivity contribution in [2.75, 3.05) is 19.9 Å². The maximum atomic E-state index is 12.7. The van der Waals surface area contributed by atoms with Crippen molar-refractivity contribution >= 4 is 6.03 Å². The lowest BCUT2D eigenvalue weighted by atomic mass is 10.1. The van der Waals surface area contributed by atoms with Gasteiger partial charge in [-0.15, -0.1) is 0 Å². The first kappa shape index (κ1) is 18.2. The summed E-state index contributed by atoms with van der Waals surface area (Å²) < 4.78 is 54.1. The molecule has 1 saturated heterocycles. The number of alkyl halides is 3. The van der Waals surface area contributed by atoms with E-state index in [1.54, 1.807) is 12.1 Å². The lowest BCUT2D eigenvalue weighted by Crippen LogP contribution is -2.58. The lowest BCUT2D eigenvalue weighted by molar-refractivity contribution is -0.137. The van der Waals surface area contributed by atoms with Gasteiger partial charge < -0.3 is 24.4 Å². The van der Waals surface area contributed by atoms with E-state index in [1.807, 2.05) is 6.07 Å². The smallest absolute Gasteiger partial charge is 0.416 e. The molecule has 4 rings (SSSR count). The number of amides is 2. The number of benzene rings is 1. The third-order valence-electron chi connectivity index (χ3n) is 4.37. The van der Waals surface area contributed by atoms with Gasteiger partial charge in [-0.05, 0) is 23.8 Å². The van der Waals surface area contributed by atoms with E-state index in [-0.39, 0.29) is 31.8 Å². The Labute approximate surface area is 158 Å². The van der Waals surface area contributed by atoms with Crippen LogP contribution in [-0.4, -0.2) is 41.9 Å². The number of nitrogens with one attached hydrogen (secondary N) is 1. The van der Waals surface area contributed by atoms with Gasteiger partial charge >= 0.3 is 12.2 Å². The summed E-state index contributed by atoms with van der Waals surface area (Å²) in [5, 5.41) is 2.78. The van der Waals surface area contributed by atoms with Crippen LogP contribution in [0.5, 0.6) is 17.4 Å². The maximum Gasteiger partial charge on any atom is 0.416 e. The molecule has 28 heavy (non-hydrogen) atoms. The number of likely N-dealkylation sites (tertiary alicyclic amines) is 1. The fraction of sp³-hybridized carbons (Fsp3) is 0.333. The molecule has 0 spiro atoms. The van der Waals surface area contributed by atoms with Crippen LogP contribution in [0.25, 0.3) is 0 Å². The Morgan fingerprint density at radius 2 is 2.00 bits per heavy atom. The Hall–Kier alpha value is -3.17. The Morgan fingerprint density at radius 3 is 2.79 bits per heavy atom. The zero-order chi connectivity index (χ0) is 19.7. The van der Waals surface area contributed by atoms with E-state index in [4.69, 9.17) is 14.2 Å². The molecule has 3 heterocycles. The van der Waals surface area contributed by atoms with Crippen molar-refractivity contribution in [3.63, 3.8) is 0 Å². The Kier molecular flexibility index (Phi) is 4.62. The van der Waals surface area contributed by atoms with Crippen molar-refractivity contribution in [2.24, 2.45) is 0 Å².